The zero-order valence-electron chi connectivity index (χ0n) is 11.7. The molecule has 1 aliphatic heterocycles. The molecule has 116 valence electrons. The topological polar surface area (TPSA) is 51.2 Å². The van der Waals surface area contributed by atoms with Gasteiger partial charge in [-0.25, -0.2) is 0 Å². The van der Waals surface area contributed by atoms with E-state index in [1.165, 1.54) is 6.07 Å². The third-order valence-electron chi connectivity index (χ3n) is 3.73. The summed E-state index contributed by atoms with van der Waals surface area (Å²) in [6.45, 7) is 3.17. The number of carbonyl (C=O) groups excluding carboxylic acids is 1. The lowest BCUT2D eigenvalue weighted by Gasteiger charge is -2.35. The number of piperidine rings is 1. The number of alkyl halides is 3. The van der Waals surface area contributed by atoms with Crippen LogP contribution in [0.25, 0.3) is 0 Å². The van der Waals surface area contributed by atoms with E-state index >= 15 is 0 Å². The summed E-state index contributed by atoms with van der Waals surface area (Å²) in [4.78, 5) is 15.8. The second-order valence-electron chi connectivity index (χ2n) is 4.98. The van der Waals surface area contributed by atoms with E-state index in [2.05, 4.69) is 10.3 Å². The number of hydrogen-bond donors (Lipinski definition) is 1. The highest BCUT2D eigenvalue weighted by Crippen LogP contribution is 2.36. The molecular formula is C14H17F3N2O2. The predicted molar refractivity (Wildman–Crippen MR) is 69.7 cm³/mol. The molecule has 1 aliphatic rings. The predicted octanol–water partition coefficient (Wildman–Crippen LogP) is 2.28. The number of esters is 1. The van der Waals surface area contributed by atoms with Crippen molar-refractivity contribution in [3.05, 3.63) is 29.6 Å². The highest BCUT2D eigenvalue weighted by Gasteiger charge is 2.43. The summed E-state index contributed by atoms with van der Waals surface area (Å²) in [6, 6.07) is 2.25. The summed E-state index contributed by atoms with van der Waals surface area (Å²) >= 11 is 0. The Kier molecular flexibility index (Phi) is 4.51. The maximum absolute atomic E-state index is 12.6. The van der Waals surface area contributed by atoms with Crippen LogP contribution in [-0.4, -0.2) is 30.6 Å². The summed E-state index contributed by atoms with van der Waals surface area (Å²) < 4.78 is 42.8. The second kappa shape index (κ2) is 6.01. The highest BCUT2D eigenvalue weighted by molar-refractivity contribution is 5.83. The number of rotatable bonds is 3. The quantitative estimate of drug-likeness (QED) is 0.870. The first-order valence-corrected chi connectivity index (χ1v) is 6.82. The van der Waals surface area contributed by atoms with Gasteiger partial charge in [-0.15, -0.1) is 0 Å². The number of hydrogen-bond acceptors (Lipinski definition) is 4. The molecule has 2 heterocycles. The molecular weight excluding hydrogens is 285 g/mol. The summed E-state index contributed by atoms with van der Waals surface area (Å²) in [5.74, 6) is -0.395. The maximum atomic E-state index is 12.6. The first-order chi connectivity index (χ1) is 9.90. The number of nitrogens with zero attached hydrogens (tertiary/aromatic N) is 1. The van der Waals surface area contributed by atoms with Crippen LogP contribution in [0.1, 0.15) is 31.0 Å². The van der Waals surface area contributed by atoms with E-state index in [0.29, 0.717) is 31.5 Å². The molecule has 0 radical (unpaired) electrons. The number of carbonyl (C=O) groups is 1. The summed E-state index contributed by atoms with van der Waals surface area (Å²) in [5.41, 5.74) is -1.38. The number of ether oxygens (including phenoxy) is 1. The SMILES string of the molecule is CCOC(=O)C1(c2ccc(C(F)(F)F)nc2)CCNCC1. The van der Waals surface area contributed by atoms with Crippen LogP contribution in [0, 0.1) is 0 Å². The van der Waals surface area contributed by atoms with Gasteiger partial charge in [-0.2, -0.15) is 13.2 Å². The molecule has 0 saturated carbocycles. The average molecular weight is 302 g/mol. The zero-order chi connectivity index (χ0) is 15.5. The molecule has 0 aromatic carbocycles. The van der Waals surface area contributed by atoms with Gasteiger partial charge in [0.15, 0.2) is 0 Å². The lowest BCUT2D eigenvalue weighted by atomic mass is 9.73. The van der Waals surface area contributed by atoms with Gasteiger partial charge < -0.3 is 10.1 Å². The first kappa shape index (κ1) is 15.8. The van der Waals surface area contributed by atoms with E-state index in [1.54, 1.807) is 6.92 Å². The standard InChI is InChI=1S/C14H17F3N2O2/c1-2-21-12(20)13(5-7-18-8-6-13)10-3-4-11(19-9-10)14(15,16)17/h3-4,9,18H,2,5-8H2,1H3. The van der Waals surface area contributed by atoms with Gasteiger partial charge in [-0.3, -0.25) is 9.78 Å². The first-order valence-electron chi connectivity index (χ1n) is 6.82. The van der Waals surface area contributed by atoms with Gasteiger partial charge in [-0.05, 0) is 44.5 Å². The Labute approximate surface area is 120 Å². The van der Waals surface area contributed by atoms with E-state index in [4.69, 9.17) is 4.74 Å². The minimum Gasteiger partial charge on any atom is -0.465 e. The maximum Gasteiger partial charge on any atom is 0.433 e. The third-order valence-corrected chi connectivity index (χ3v) is 3.73. The van der Waals surface area contributed by atoms with Crippen molar-refractivity contribution in [1.82, 2.24) is 10.3 Å². The molecule has 4 nitrogen and oxygen atoms in total. The molecule has 2 rings (SSSR count). The van der Waals surface area contributed by atoms with Crippen molar-refractivity contribution in [2.45, 2.75) is 31.4 Å². The smallest absolute Gasteiger partial charge is 0.433 e. The van der Waals surface area contributed by atoms with E-state index in [9.17, 15) is 18.0 Å². The molecule has 0 bridgehead atoms. The van der Waals surface area contributed by atoms with Crippen LogP contribution in [0.2, 0.25) is 0 Å². The highest BCUT2D eigenvalue weighted by atomic mass is 19.4. The van der Waals surface area contributed by atoms with Gasteiger partial charge in [0.2, 0.25) is 0 Å². The van der Waals surface area contributed by atoms with Crippen molar-refractivity contribution in [1.29, 1.82) is 0 Å². The molecule has 1 aromatic rings. The largest absolute Gasteiger partial charge is 0.465 e. The Bertz CT molecular complexity index is 494. The van der Waals surface area contributed by atoms with Gasteiger partial charge >= 0.3 is 12.1 Å². The summed E-state index contributed by atoms with van der Waals surface area (Å²) in [5, 5.41) is 3.13. The van der Waals surface area contributed by atoms with Crippen molar-refractivity contribution in [2.75, 3.05) is 19.7 Å². The van der Waals surface area contributed by atoms with E-state index in [-0.39, 0.29) is 6.61 Å². The van der Waals surface area contributed by atoms with Crippen LogP contribution < -0.4 is 5.32 Å². The molecule has 1 N–H and O–H groups in total. The van der Waals surface area contributed by atoms with Crippen molar-refractivity contribution >= 4 is 5.97 Å². The van der Waals surface area contributed by atoms with E-state index in [1.807, 2.05) is 0 Å². The van der Waals surface area contributed by atoms with Crippen molar-refractivity contribution in [3.63, 3.8) is 0 Å². The van der Waals surface area contributed by atoms with Gasteiger partial charge in [0, 0.05) is 6.20 Å². The zero-order valence-corrected chi connectivity index (χ0v) is 11.7. The van der Waals surface area contributed by atoms with Crippen LogP contribution in [-0.2, 0) is 21.1 Å². The molecule has 0 aliphatic carbocycles. The normalized spacial score (nSPS) is 18.3. The van der Waals surface area contributed by atoms with Crippen molar-refractivity contribution in [3.8, 4) is 0 Å². The van der Waals surface area contributed by atoms with Gasteiger partial charge in [-0.1, -0.05) is 6.07 Å². The lowest BCUT2D eigenvalue weighted by molar-refractivity contribution is -0.151. The summed E-state index contributed by atoms with van der Waals surface area (Å²) in [6.07, 6.45) is -2.37. The Hall–Kier alpha value is -1.63. The van der Waals surface area contributed by atoms with Crippen molar-refractivity contribution in [2.24, 2.45) is 0 Å². The fourth-order valence-electron chi connectivity index (χ4n) is 2.58. The number of nitrogens with one attached hydrogen (secondary N) is 1. The molecule has 1 saturated heterocycles. The van der Waals surface area contributed by atoms with Crippen LogP contribution >= 0.6 is 0 Å². The molecule has 0 spiro atoms. The van der Waals surface area contributed by atoms with E-state index < -0.39 is 23.3 Å². The van der Waals surface area contributed by atoms with Crippen molar-refractivity contribution < 1.29 is 22.7 Å². The second-order valence-corrected chi connectivity index (χ2v) is 4.98. The van der Waals surface area contributed by atoms with E-state index in [0.717, 1.165) is 12.3 Å². The molecule has 0 atom stereocenters. The molecule has 21 heavy (non-hydrogen) atoms. The van der Waals surface area contributed by atoms with Crippen LogP contribution in [0.4, 0.5) is 13.2 Å². The minimum absolute atomic E-state index is 0.238. The number of halogens is 3. The fraction of sp³-hybridized carbons (Fsp3) is 0.571. The minimum atomic E-state index is -4.48. The Morgan fingerprint density at radius 1 is 1.38 bits per heavy atom. The van der Waals surface area contributed by atoms with Gasteiger partial charge in [0.05, 0.1) is 12.0 Å². The average Bonchev–Trinajstić information content (AvgIpc) is 2.47. The van der Waals surface area contributed by atoms with Crippen LogP contribution in [0.5, 0.6) is 0 Å². The lowest BCUT2D eigenvalue weighted by Crippen LogP contribution is -2.46. The monoisotopic (exact) mass is 302 g/mol. The number of aromatic nitrogens is 1. The van der Waals surface area contributed by atoms with Gasteiger partial charge in [0.1, 0.15) is 5.69 Å². The number of pyridine rings is 1. The third kappa shape index (κ3) is 3.18. The Morgan fingerprint density at radius 2 is 2.05 bits per heavy atom. The Morgan fingerprint density at radius 3 is 2.52 bits per heavy atom. The molecule has 1 aromatic heterocycles. The fourth-order valence-corrected chi connectivity index (χ4v) is 2.58. The molecule has 0 unspecified atom stereocenters. The Balaban J connectivity index is 2.35. The molecule has 1 fully saturated rings. The van der Waals surface area contributed by atoms with Crippen LogP contribution in [0.15, 0.2) is 18.3 Å². The van der Waals surface area contributed by atoms with Crippen LogP contribution in [0.3, 0.4) is 0 Å². The van der Waals surface area contributed by atoms with Gasteiger partial charge in [0.25, 0.3) is 0 Å². The molecule has 0 amide bonds. The summed E-state index contributed by atoms with van der Waals surface area (Å²) in [7, 11) is 0. The molecule has 7 heteroatoms.